The van der Waals surface area contributed by atoms with Crippen LogP contribution in [0.15, 0.2) is 65.8 Å². The van der Waals surface area contributed by atoms with E-state index < -0.39 is 36.3 Å². The van der Waals surface area contributed by atoms with Crippen molar-refractivity contribution in [3.8, 4) is 6.07 Å². The van der Waals surface area contributed by atoms with Crippen molar-refractivity contribution in [2.75, 3.05) is 6.54 Å². The highest BCUT2D eigenvalue weighted by Gasteiger charge is 2.39. The Morgan fingerprint density at radius 2 is 1.94 bits per heavy atom. The zero-order valence-corrected chi connectivity index (χ0v) is 17.1. The maximum absolute atomic E-state index is 14.4. The van der Waals surface area contributed by atoms with Crippen molar-refractivity contribution in [1.29, 1.82) is 5.26 Å². The third-order valence-corrected chi connectivity index (χ3v) is 4.70. The number of benzene rings is 1. The molecule has 33 heavy (non-hydrogen) atoms. The molecule has 0 aliphatic rings. The maximum atomic E-state index is 14.4. The van der Waals surface area contributed by atoms with Crippen LogP contribution < -0.4 is 15.5 Å². The summed E-state index contributed by atoms with van der Waals surface area (Å²) >= 11 is 0. The van der Waals surface area contributed by atoms with Gasteiger partial charge in [-0.25, -0.2) is 4.39 Å². The Morgan fingerprint density at radius 1 is 1.21 bits per heavy atom. The SMILES string of the molecule is N#Cc1ccc(=NCC(F)(F)c2cccc[n+]2[O-])n(O)c1CC(=O)NCc1ccccc1F. The molecule has 1 amide bonds. The van der Waals surface area contributed by atoms with Gasteiger partial charge in [-0.1, -0.05) is 18.2 Å². The zero-order chi connectivity index (χ0) is 24.0. The van der Waals surface area contributed by atoms with Crippen molar-refractivity contribution >= 4 is 5.91 Å². The first kappa shape index (κ1) is 23.3. The van der Waals surface area contributed by atoms with Crippen molar-refractivity contribution in [3.63, 3.8) is 0 Å². The Morgan fingerprint density at radius 3 is 2.64 bits per heavy atom. The highest BCUT2D eigenvalue weighted by molar-refractivity contribution is 5.78. The number of halogens is 3. The minimum Gasteiger partial charge on any atom is -0.618 e. The monoisotopic (exact) mass is 457 g/mol. The molecule has 0 atom stereocenters. The van der Waals surface area contributed by atoms with Gasteiger partial charge in [0.2, 0.25) is 5.91 Å². The summed E-state index contributed by atoms with van der Waals surface area (Å²) < 4.78 is 43.0. The van der Waals surface area contributed by atoms with Gasteiger partial charge in [0, 0.05) is 24.2 Å². The maximum Gasteiger partial charge on any atom is 0.350 e. The molecule has 0 saturated carbocycles. The molecule has 0 radical (unpaired) electrons. The summed E-state index contributed by atoms with van der Waals surface area (Å²) in [6.45, 7) is -1.29. The summed E-state index contributed by atoms with van der Waals surface area (Å²) in [4.78, 5) is 16.0. The van der Waals surface area contributed by atoms with E-state index in [2.05, 4.69) is 10.3 Å². The number of alkyl halides is 2. The van der Waals surface area contributed by atoms with Crippen LogP contribution in [-0.2, 0) is 23.7 Å². The number of amides is 1. The number of nitriles is 1. The summed E-state index contributed by atoms with van der Waals surface area (Å²) in [6.07, 6.45) is 0.433. The van der Waals surface area contributed by atoms with Gasteiger partial charge in [-0.15, -0.1) is 0 Å². The minimum atomic E-state index is -3.64. The predicted octanol–water partition coefficient (Wildman–Crippen LogP) is 1.92. The van der Waals surface area contributed by atoms with Crippen LogP contribution in [0.5, 0.6) is 0 Å². The number of aromatic nitrogens is 2. The van der Waals surface area contributed by atoms with Gasteiger partial charge in [-0.05, 0) is 24.3 Å². The van der Waals surface area contributed by atoms with Crippen LogP contribution in [0, 0.1) is 22.4 Å². The van der Waals surface area contributed by atoms with Crippen molar-refractivity contribution in [2.24, 2.45) is 4.99 Å². The number of rotatable bonds is 7. The van der Waals surface area contributed by atoms with Gasteiger partial charge in [-0.2, -0.15) is 23.5 Å². The summed E-state index contributed by atoms with van der Waals surface area (Å²) in [5.41, 5.74) is -1.19. The molecule has 0 bridgehead atoms. The standard InChI is InChI=1S/C22H18F3N5O3/c23-17-6-2-1-5-16(17)13-27-21(31)11-18-15(12-26)8-9-20(30(18)33)28-14-22(24,25)19-7-3-4-10-29(19)32/h1-10,33H,11,13-14H2,(H,27,31). The Balaban J connectivity index is 1.82. The lowest BCUT2D eigenvalue weighted by molar-refractivity contribution is -0.624. The Kier molecular flexibility index (Phi) is 6.97. The van der Waals surface area contributed by atoms with Crippen molar-refractivity contribution in [3.05, 3.63) is 99.8 Å². The minimum absolute atomic E-state index is 0.0205. The number of hydrogen-bond donors (Lipinski definition) is 2. The van der Waals surface area contributed by atoms with Gasteiger partial charge in [0.1, 0.15) is 18.4 Å². The van der Waals surface area contributed by atoms with Gasteiger partial charge < -0.3 is 15.7 Å². The van der Waals surface area contributed by atoms with E-state index in [0.29, 0.717) is 4.73 Å². The van der Waals surface area contributed by atoms with E-state index in [-0.39, 0.29) is 33.6 Å². The first-order valence-corrected chi connectivity index (χ1v) is 9.64. The summed E-state index contributed by atoms with van der Waals surface area (Å²) in [5, 5.41) is 33.8. The molecule has 11 heteroatoms. The zero-order valence-electron chi connectivity index (χ0n) is 17.1. The molecule has 3 rings (SSSR count). The first-order valence-electron chi connectivity index (χ1n) is 9.64. The van der Waals surface area contributed by atoms with E-state index in [0.717, 1.165) is 18.3 Å². The molecule has 0 fully saturated rings. The number of hydrogen-bond acceptors (Lipinski definition) is 5. The number of pyridine rings is 2. The van der Waals surface area contributed by atoms with Gasteiger partial charge >= 0.3 is 5.92 Å². The number of carbonyl (C=O) groups excluding carboxylic acids is 1. The highest BCUT2D eigenvalue weighted by Crippen LogP contribution is 2.25. The third-order valence-electron chi connectivity index (χ3n) is 4.70. The molecular formula is C22H18F3N5O3. The summed E-state index contributed by atoms with van der Waals surface area (Å²) in [5.74, 6) is -4.79. The number of nitrogens with one attached hydrogen (secondary N) is 1. The van der Waals surface area contributed by atoms with Crippen molar-refractivity contribution in [2.45, 2.75) is 18.9 Å². The van der Waals surface area contributed by atoms with E-state index in [1.807, 2.05) is 0 Å². The van der Waals surface area contributed by atoms with Gasteiger partial charge in [-0.3, -0.25) is 9.79 Å². The molecule has 0 aliphatic heterocycles. The van der Waals surface area contributed by atoms with Gasteiger partial charge in [0.05, 0.1) is 17.7 Å². The molecule has 3 aromatic rings. The summed E-state index contributed by atoms with van der Waals surface area (Å²) in [6, 6.07) is 13.5. The van der Waals surface area contributed by atoms with Crippen LogP contribution in [0.1, 0.15) is 22.5 Å². The van der Waals surface area contributed by atoms with Crippen molar-refractivity contribution < 1.29 is 27.9 Å². The molecule has 8 nitrogen and oxygen atoms in total. The van der Waals surface area contributed by atoms with Crippen LogP contribution in [0.2, 0.25) is 0 Å². The van der Waals surface area contributed by atoms with E-state index in [1.165, 1.54) is 36.4 Å². The van der Waals surface area contributed by atoms with Gasteiger partial charge in [0.25, 0.3) is 5.69 Å². The Hall–Kier alpha value is -4.33. The first-order chi connectivity index (χ1) is 15.7. The molecule has 2 heterocycles. The fourth-order valence-corrected chi connectivity index (χ4v) is 2.99. The Bertz CT molecular complexity index is 1280. The molecule has 0 saturated heterocycles. The highest BCUT2D eigenvalue weighted by atomic mass is 19.3. The fraction of sp³-hybridized carbons (Fsp3) is 0.182. The van der Waals surface area contributed by atoms with E-state index in [9.17, 15) is 33.6 Å². The molecule has 2 N–H and O–H groups in total. The molecule has 1 aromatic carbocycles. The van der Waals surface area contributed by atoms with Crippen LogP contribution in [0.25, 0.3) is 0 Å². The second-order valence-corrected chi connectivity index (χ2v) is 6.95. The predicted molar refractivity (Wildman–Crippen MR) is 108 cm³/mol. The van der Waals surface area contributed by atoms with Gasteiger partial charge in [0.15, 0.2) is 11.7 Å². The normalized spacial score (nSPS) is 11.8. The number of carbonyl (C=O) groups is 1. The van der Waals surface area contributed by atoms with E-state index in [1.54, 1.807) is 12.1 Å². The van der Waals surface area contributed by atoms with Crippen LogP contribution in [0.3, 0.4) is 0 Å². The number of nitrogens with zero attached hydrogens (tertiary/aromatic N) is 4. The third kappa shape index (κ3) is 5.48. The average Bonchev–Trinajstić information content (AvgIpc) is 2.79. The molecule has 0 aliphatic carbocycles. The molecule has 170 valence electrons. The molecule has 2 aromatic heterocycles. The topological polar surface area (TPSA) is 117 Å². The lowest BCUT2D eigenvalue weighted by Gasteiger charge is -2.14. The van der Waals surface area contributed by atoms with Crippen molar-refractivity contribution in [1.82, 2.24) is 10.0 Å². The lowest BCUT2D eigenvalue weighted by Crippen LogP contribution is -2.39. The van der Waals surface area contributed by atoms with Crippen LogP contribution >= 0.6 is 0 Å². The fourth-order valence-electron chi connectivity index (χ4n) is 2.99. The lowest BCUT2D eigenvalue weighted by atomic mass is 10.1. The van der Waals surface area contributed by atoms with E-state index in [4.69, 9.17) is 0 Å². The molecular weight excluding hydrogens is 439 g/mol. The molecule has 0 spiro atoms. The van der Waals surface area contributed by atoms with Crippen LogP contribution in [0.4, 0.5) is 13.2 Å². The van der Waals surface area contributed by atoms with Crippen LogP contribution in [-0.4, -0.2) is 22.4 Å². The Labute approximate surface area is 186 Å². The second kappa shape index (κ2) is 9.86. The largest absolute Gasteiger partial charge is 0.618 e. The smallest absolute Gasteiger partial charge is 0.350 e. The summed E-state index contributed by atoms with van der Waals surface area (Å²) in [7, 11) is 0. The average molecular weight is 457 g/mol. The molecule has 0 unspecified atom stereocenters. The quantitative estimate of drug-likeness (QED) is 0.320. The van der Waals surface area contributed by atoms with E-state index >= 15 is 0 Å². The second-order valence-electron chi connectivity index (χ2n) is 6.95.